The number of unbranched alkanes of at least 4 members (excludes halogenated alkanes) is 25. The SMILES string of the molecule is CC/C=C\C/C=C\C/C=C\C/C=C\C/C=C\C/C=C\CCC(=O)OC(COC(=O)CCCCCCCCCCCCC/C=C\C/C=C\C/C=C\C/C=C\C/C=C\CC)COC(=O)CCCCCCCCCCCCCCCCC. The number of rotatable bonds is 58. The van der Waals surface area contributed by atoms with E-state index in [1.807, 2.05) is 6.08 Å². The molecule has 0 aromatic heterocycles. The minimum atomic E-state index is -0.823. The second-order valence-corrected chi connectivity index (χ2v) is 21.3. The summed E-state index contributed by atoms with van der Waals surface area (Å²) in [4.78, 5) is 38.3. The maximum Gasteiger partial charge on any atom is 0.306 e. The third-order valence-electron chi connectivity index (χ3n) is 13.7. The van der Waals surface area contributed by atoms with Gasteiger partial charge in [0.2, 0.25) is 0 Å². The van der Waals surface area contributed by atoms with Crippen LogP contribution < -0.4 is 0 Å². The number of hydrogen-bond acceptors (Lipinski definition) is 6. The zero-order valence-electron chi connectivity index (χ0n) is 51.3. The normalized spacial score (nSPS) is 13.0. The lowest BCUT2D eigenvalue weighted by Gasteiger charge is -2.18. The van der Waals surface area contributed by atoms with E-state index in [-0.39, 0.29) is 31.6 Å². The average molecular weight is 1090 g/mol. The lowest BCUT2D eigenvalue weighted by molar-refractivity contribution is -0.166. The number of esters is 3. The fourth-order valence-corrected chi connectivity index (χ4v) is 8.85. The van der Waals surface area contributed by atoms with Crippen LogP contribution in [-0.4, -0.2) is 37.2 Å². The summed E-state index contributed by atoms with van der Waals surface area (Å²) >= 11 is 0. The molecule has 0 aromatic rings. The number of hydrogen-bond donors (Lipinski definition) is 0. The first-order valence-corrected chi connectivity index (χ1v) is 32.7. The second-order valence-electron chi connectivity index (χ2n) is 21.3. The standard InChI is InChI=1S/C73H120O6/c1-4-7-10-13-16-19-22-25-28-30-32-33-34-35-36-37-38-39-41-42-45-48-51-54-57-60-63-66-72(75)78-69-70(68-77-71(74)65-62-59-56-53-50-47-44-27-24-21-18-15-12-9-6-3)79-73(76)67-64-61-58-55-52-49-46-43-40-31-29-26-23-20-17-14-11-8-5-2/h7-8,10-11,16-17,19-20,25-26,28-29,32-33,35-36,40,43,49,52,58,61,70H,4-6,9,12-15,18,21-24,27,30-31,34,37-39,41-42,44-48,50-51,53-57,59-60,62-69H2,1-3H3/b10-7-,11-8-,19-16-,20-17-,28-25-,29-26-,33-32-,36-35-,43-40-,52-49-,61-58-. The summed E-state index contributed by atoms with van der Waals surface area (Å²) in [6.45, 7) is 6.37. The van der Waals surface area contributed by atoms with Crippen molar-refractivity contribution in [2.75, 3.05) is 13.2 Å². The Labute approximate surface area is 487 Å². The van der Waals surface area contributed by atoms with Crippen molar-refractivity contribution in [1.82, 2.24) is 0 Å². The molecule has 6 heteroatoms. The van der Waals surface area contributed by atoms with E-state index in [1.54, 1.807) is 0 Å². The predicted octanol–water partition coefficient (Wildman–Crippen LogP) is 22.5. The average Bonchev–Trinajstić information content (AvgIpc) is 3.45. The van der Waals surface area contributed by atoms with Crippen molar-refractivity contribution in [2.45, 2.75) is 297 Å². The lowest BCUT2D eigenvalue weighted by Crippen LogP contribution is -2.30. The summed E-state index contributed by atoms with van der Waals surface area (Å²) in [5, 5.41) is 0. The Morgan fingerprint density at radius 3 is 0.823 bits per heavy atom. The molecule has 0 saturated carbocycles. The van der Waals surface area contributed by atoms with Crippen LogP contribution in [-0.2, 0) is 28.6 Å². The molecule has 0 aromatic carbocycles. The lowest BCUT2D eigenvalue weighted by atomic mass is 10.0. The molecule has 0 aliphatic heterocycles. The van der Waals surface area contributed by atoms with E-state index in [0.29, 0.717) is 19.3 Å². The number of allylic oxidation sites excluding steroid dienone is 22. The minimum Gasteiger partial charge on any atom is -0.462 e. The number of carbonyl (C=O) groups is 3. The van der Waals surface area contributed by atoms with Crippen molar-refractivity contribution < 1.29 is 28.6 Å². The number of carbonyl (C=O) groups excluding carboxylic acids is 3. The Hall–Kier alpha value is -4.45. The van der Waals surface area contributed by atoms with Crippen LogP contribution in [0.1, 0.15) is 290 Å². The molecule has 0 aliphatic rings. The van der Waals surface area contributed by atoms with E-state index in [1.165, 1.54) is 135 Å². The molecule has 0 fully saturated rings. The monoisotopic (exact) mass is 1090 g/mol. The van der Waals surface area contributed by atoms with Crippen LogP contribution >= 0.6 is 0 Å². The maximum atomic E-state index is 12.9. The highest BCUT2D eigenvalue weighted by atomic mass is 16.6. The minimum absolute atomic E-state index is 0.110. The first-order chi connectivity index (χ1) is 39.0. The van der Waals surface area contributed by atoms with Crippen LogP contribution in [0.5, 0.6) is 0 Å². The third kappa shape index (κ3) is 64.3. The molecular formula is C73H120O6. The molecule has 6 nitrogen and oxygen atoms in total. The molecule has 0 aliphatic carbocycles. The molecule has 79 heavy (non-hydrogen) atoms. The van der Waals surface area contributed by atoms with E-state index in [2.05, 4.69) is 148 Å². The molecule has 1 atom stereocenters. The summed E-state index contributed by atoms with van der Waals surface area (Å²) in [7, 11) is 0. The largest absolute Gasteiger partial charge is 0.462 e. The highest BCUT2D eigenvalue weighted by Crippen LogP contribution is 2.16. The molecular weight excluding hydrogens is 973 g/mol. The molecule has 0 amide bonds. The van der Waals surface area contributed by atoms with Crippen LogP contribution in [0.3, 0.4) is 0 Å². The first-order valence-electron chi connectivity index (χ1n) is 32.7. The Kier molecular flexibility index (Phi) is 62.3. The van der Waals surface area contributed by atoms with Crippen LogP contribution in [0.2, 0.25) is 0 Å². The van der Waals surface area contributed by atoms with E-state index >= 15 is 0 Å². The van der Waals surface area contributed by atoms with Crippen LogP contribution in [0, 0.1) is 0 Å². The van der Waals surface area contributed by atoms with Gasteiger partial charge in [-0.1, -0.05) is 302 Å². The Morgan fingerprint density at radius 2 is 0.519 bits per heavy atom. The summed E-state index contributed by atoms with van der Waals surface area (Å²) in [6.07, 6.45) is 93.3. The molecule has 0 rings (SSSR count). The second kappa shape index (κ2) is 66.1. The highest BCUT2D eigenvalue weighted by Gasteiger charge is 2.19. The molecule has 0 bridgehead atoms. The van der Waals surface area contributed by atoms with Crippen molar-refractivity contribution in [3.05, 3.63) is 134 Å². The molecule has 0 N–H and O–H groups in total. The first kappa shape index (κ1) is 74.5. The smallest absolute Gasteiger partial charge is 0.306 e. The molecule has 0 radical (unpaired) electrons. The van der Waals surface area contributed by atoms with Crippen molar-refractivity contribution in [3.63, 3.8) is 0 Å². The van der Waals surface area contributed by atoms with E-state index in [4.69, 9.17) is 14.2 Å². The summed E-state index contributed by atoms with van der Waals surface area (Å²) < 4.78 is 16.9. The molecule has 448 valence electrons. The predicted molar refractivity (Wildman–Crippen MR) is 343 cm³/mol. The van der Waals surface area contributed by atoms with Gasteiger partial charge in [-0.15, -0.1) is 0 Å². The van der Waals surface area contributed by atoms with Gasteiger partial charge in [0.15, 0.2) is 6.10 Å². The molecule has 1 unspecified atom stereocenters. The van der Waals surface area contributed by atoms with Gasteiger partial charge in [-0.3, -0.25) is 14.4 Å². The van der Waals surface area contributed by atoms with Crippen LogP contribution in [0.25, 0.3) is 0 Å². The van der Waals surface area contributed by atoms with Gasteiger partial charge in [0.05, 0.1) is 0 Å². The Bertz CT molecular complexity index is 1680. The van der Waals surface area contributed by atoms with Gasteiger partial charge in [0.25, 0.3) is 0 Å². The molecule has 0 spiro atoms. The third-order valence-corrected chi connectivity index (χ3v) is 13.7. The van der Waals surface area contributed by atoms with Crippen molar-refractivity contribution in [2.24, 2.45) is 0 Å². The van der Waals surface area contributed by atoms with Crippen molar-refractivity contribution in [3.8, 4) is 0 Å². The zero-order chi connectivity index (χ0) is 57.1. The van der Waals surface area contributed by atoms with E-state index < -0.39 is 12.1 Å². The topological polar surface area (TPSA) is 78.9 Å². The summed E-state index contributed by atoms with van der Waals surface area (Å²) in [5.41, 5.74) is 0. The number of ether oxygens (including phenoxy) is 3. The Morgan fingerprint density at radius 1 is 0.266 bits per heavy atom. The maximum absolute atomic E-state index is 12.9. The fourth-order valence-electron chi connectivity index (χ4n) is 8.85. The van der Waals surface area contributed by atoms with Gasteiger partial charge in [0, 0.05) is 19.3 Å². The van der Waals surface area contributed by atoms with Crippen LogP contribution in [0.15, 0.2) is 134 Å². The molecule has 0 heterocycles. The van der Waals surface area contributed by atoms with Gasteiger partial charge < -0.3 is 14.2 Å². The van der Waals surface area contributed by atoms with Crippen molar-refractivity contribution >= 4 is 17.9 Å². The molecule has 0 saturated heterocycles. The van der Waals surface area contributed by atoms with Gasteiger partial charge in [-0.05, 0) is 103 Å². The Balaban J connectivity index is 4.42. The van der Waals surface area contributed by atoms with Crippen LogP contribution in [0.4, 0.5) is 0 Å². The summed E-state index contributed by atoms with van der Waals surface area (Å²) in [6, 6.07) is 0. The quantitative estimate of drug-likeness (QED) is 0.0261. The van der Waals surface area contributed by atoms with Gasteiger partial charge in [-0.25, -0.2) is 0 Å². The fraction of sp³-hybridized carbons (Fsp3) is 0.658. The van der Waals surface area contributed by atoms with Gasteiger partial charge >= 0.3 is 17.9 Å². The van der Waals surface area contributed by atoms with Crippen molar-refractivity contribution in [1.29, 1.82) is 0 Å². The van der Waals surface area contributed by atoms with Gasteiger partial charge in [0.1, 0.15) is 13.2 Å². The van der Waals surface area contributed by atoms with Gasteiger partial charge in [-0.2, -0.15) is 0 Å². The zero-order valence-corrected chi connectivity index (χ0v) is 51.3. The van der Waals surface area contributed by atoms with E-state index in [9.17, 15) is 14.4 Å². The summed E-state index contributed by atoms with van der Waals surface area (Å²) in [5.74, 6) is -0.992. The van der Waals surface area contributed by atoms with E-state index in [0.717, 1.165) is 109 Å². The highest BCUT2D eigenvalue weighted by molar-refractivity contribution is 5.71.